The van der Waals surface area contributed by atoms with Gasteiger partial charge in [-0.2, -0.15) is 5.10 Å². The van der Waals surface area contributed by atoms with Crippen LogP contribution in [0.5, 0.6) is 0 Å². The van der Waals surface area contributed by atoms with Crippen molar-refractivity contribution in [2.24, 2.45) is 10.8 Å². The first-order chi connectivity index (χ1) is 23.7. The molecule has 1 spiro atoms. The summed E-state index contributed by atoms with van der Waals surface area (Å²) in [6, 6.07) is 14.3. The lowest BCUT2D eigenvalue weighted by Gasteiger charge is -2.42. The van der Waals surface area contributed by atoms with Gasteiger partial charge in [0.25, 0.3) is 5.91 Å². The molecule has 0 bridgehead atoms. The molecule has 4 aliphatic rings. The van der Waals surface area contributed by atoms with Crippen molar-refractivity contribution >= 4 is 40.4 Å². The highest BCUT2D eigenvalue weighted by atomic mass is 35.5. The Morgan fingerprint density at radius 2 is 1.94 bits per heavy atom. The number of hydrogen-bond donors (Lipinski definition) is 4. The van der Waals surface area contributed by atoms with E-state index in [1.807, 2.05) is 49.4 Å². The van der Waals surface area contributed by atoms with Crippen molar-refractivity contribution in [1.82, 2.24) is 35.7 Å². The Hall–Kier alpha value is -4.22. The van der Waals surface area contributed by atoms with E-state index in [1.165, 1.54) is 0 Å². The van der Waals surface area contributed by atoms with Gasteiger partial charge in [0.2, 0.25) is 11.8 Å². The lowest BCUT2D eigenvalue weighted by atomic mass is 9.65. The van der Waals surface area contributed by atoms with Gasteiger partial charge in [-0.1, -0.05) is 49.2 Å². The van der Waals surface area contributed by atoms with Crippen molar-refractivity contribution < 1.29 is 19.1 Å². The lowest BCUT2D eigenvalue weighted by molar-refractivity contribution is -0.133. The molecular weight excluding hydrogens is 642 g/mol. The molecule has 2 aromatic carbocycles. The number of amides is 3. The molecule has 3 amide bonds. The molecule has 4 aromatic rings. The largest absolute Gasteiger partial charge is 0.380 e. The van der Waals surface area contributed by atoms with Gasteiger partial charge in [-0.15, -0.1) is 0 Å². The standard InChI is InChI=1S/C37H42ClN7O4/c1-3-45-27(11-17-40-45)32(46)43-29(28(35(2)14-15-35)23-7-4-5-8-24(23)38)31-41-25-10-9-22(19-26(25)42-31)37(16-18-49-21-37)34(48)44-30-33(47)39-20-36(30)12-6-13-36/h4-5,7-11,17,19,28-30H,3,6,12-16,18,20-21H2,1-2H3,(H,39,47)(H,41,42)(H,43,46)(H,44,48)/t28-,29-,30-,37?/m0/s1. The highest BCUT2D eigenvalue weighted by Crippen LogP contribution is 2.60. The minimum absolute atomic E-state index is 0.105. The molecule has 2 saturated heterocycles. The molecule has 4 heterocycles. The van der Waals surface area contributed by atoms with Gasteiger partial charge in [0.05, 0.1) is 29.1 Å². The predicted molar refractivity (Wildman–Crippen MR) is 184 cm³/mol. The van der Waals surface area contributed by atoms with E-state index >= 15 is 0 Å². The van der Waals surface area contributed by atoms with Gasteiger partial charge >= 0.3 is 0 Å². The monoisotopic (exact) mass is 683 g/mol. The van der Waals surface area contributed by atoms with Gasteiger partial charge in [0, 0.05) is 42.2 Å². The SMILES string of the molecule is CCn1nccc1C(=O)N[C@H](c1nc2ccc(C3(C(=O)N[C@H]4C(=O)NCC45CCC5)CCOC3)cc2[nH]1)[C@H](c1ccccc1Cl)C1(C)CC1. The van der Waals surface area contributed by atoms with Crippen LogP contribution in [0.4, 0.5) is 0 Å². The number of nitrogens with one attached hydrogen (secondary N) is 4. The number of nitrogens with zero attached hydrogens (tertiary/aromatic N) is 3. The summed E-state index contributed by atoms with van der Waals surface area (Å²) in [5.74, 6) is -0.0960. The molecule has 256 valence electrons. The Bertz CT molecular complexity index is 1940. The second kappa shape index (κ2) is 12.0. The fourth-order valence-electron chi connectivity index (χ4n) is 8.40. The molecule has 2 aromatic heterocycles. The normalized spacial score (nSPS) is 24.7. The average Bonchev–Trinajstić information content (AvgIpc) is 3.59. The number of fused-ring (bicyclic) bond motifs is 1. The minimum atomic E-state index is -0.943. The van der Waals surface area contributed by atoms with E-state index in [2.05, 4.69) is 33.0 Å². The third-order valence-electron chi connectivity index (χ3n) is 11.8. The highest BCUT2D eigenvalue weighted by molar-refractivity contribution is 6.31. The van der Waals surface area contributed by atoms with Crippen molar-refractivity contribution in [3.8, 4) is 0 Å². The van der Waals surface area contributed by atoms with Crippen LogP contribution in [0.3, 0.4) is 0 Å². The molecule has 8 rings (SSSR count). The Morgan fingerprint density at radius 1 is 1.12 bits per heavy atom. The molecule has 4 atom stereocenters. The van der Waals surface area contributed by atoms with Crippen LogP contribution in [-0.4, -0.2) is 63.3 Å². The minimum Gasteiger partial charge on any atom is -0.380 e. The number of H-pyrrole nitrogens is 1. The molecule has 0 radical (unpaired) electrons. The summed E-state index contributed by atoms with van der Waals surface area (Å²) < 4.78 is 7.53. The van der Waals surface area contributed by atoms with Crippen LogP contribution < -0.4 is 16.0 Å². The molecule has 4 N–H and O–H groups in total. The summed E-state index contributed by atoms with van der Waals surface area (Å²) in [6.45, 7) is 6.02. The molecule has 11 nitrogen and oxygen atoms in total. The Morgan fingerprint density at radius 3 is 2.63 bits per heavy atom. The van der Waals surface area contributed by atoms with Crippen molar-refractivity contribution in [2.75, 3.05) is 19.8 Å². The maximum atomic E-state index is 14.2. The Kier molecular flexibility index (Phi) is 7.83. The Balaban J connectivity index is 1.17. The number of benzene rings is 2. The summed E-state index contributed by atoms with van der Waals surface area (Å²) >= 11 is 6.85. The third-order valence-corrected chi connectivity index (χ3v) is 12.2. The average molecular weight is 684 g/mol. The molecular formula is C37H42ClN7O4. The molecule has 2 saturated carbocycles. The fraction of sp³-hybridized carbons (Fsp3) is 0.486. The number of rotatable bonds is 10. The van der Waals surface area contributed by atoms with E-state index in [9.17, 15) is 14.4 Å². The summed E-state index contributed by atoms with van der Waals surface area (Å²) in [7, 11) is 0. The first-order valence-corrected chi connectivity index (χ1v) is 17.8. The number of aromatic amines is 1. The van der Waals surface area contributed by atoms with E-state index < -0.39 is 17.5 Å². The topological polar surface area (TPSA) is 143 Å². The van der Waals surface area contributed by atoms with E-state index in [-0.39, 0.29) is 41.1 Å². The van der Waals surface area contributed by atoms with Gasteiger partial charge in [-0.3, -0.25) is 19.1 Å². The van der Waals surface area contributed by atoms with E-state index in [4.69, 9.17) is 21.3 Å². The van der Waals surface area contributed by atoms with Crippen molar-refractivity contribution in [3.05, 3.63) is 82.4 Å². The molecule has 12 heteroatoms. The van der Waals surface area contributed by atoms with Crippen LogP contribution in [-0.2, 0) is 26.3 Å². The zero-order chi connectivity index (χ0) is 34.0. The number of ether oxygens (including phenoxy) is 1. The van der Waals surface area contributed by atoms with Crippen LogP contribution in [0.25, 0.3) is 11.0 Å². The summed E-state index contributed by atoms with van der Waals surface area (Å²) in [4.78, 5) is 49.5. The van der Waals surface area contributed by atoms with E-state index in [0.29, 0.717) is 48.2 Å². The second-order valence-corrected chi connectivity index (χ2v) is 15.1. The van der Waals surface area contributed by atoms with Gasteiger partial charge < -0.3 is 25.7 Å². The first-order valence-electron chi connectivity index (χ1n) is 17.4. The first kappa shape index (κ1) is 32.0. The van der Waals surface area contributed by atoms with E-state index in [1.54, 1.807) is 16.9 Å². The van der Waals surface area contributed by atoms with Crippen LogP contribution in [0, 0.1) is 10.8 Å². The predicted octanol–water partition coefficient (Wildman–Crippen LogP) is 4.93. The summed E-state index contributed by atoms with van der Waals surface area (Å²) in [6.07, 6.45) is 7.03. The number of aromatic nitrogens is 4. The van der Waals surface area contributed by atoms with Crippen molar-refractivity contribution in [2.45, 2.75) is 82.3 Å². The number of carbonyl (C=O) groups is 3. The van der Waals surface area contributed by atoms with Crippen LogP contribution in [0.2, 0.25) is 5.02 Å². The van der Waals surface area contributed by atoms with Gasteiger partial charge in [-0.05, 0) is 79.8 Å². The molecule has 2 aliphatic carbocycles. The van der Waals surface area contributed by atoms with E-state index in [0.717, 1.165) is 48.7 Å². The molecule has 1 unspecified atom stereocenters. The number of aryl methyl sites for hydroxylation is 1. The molecule has 4 fully saturated rings. The highest BCUT2D eigenvalue weighted by Gasteiger charge is 2.55. The smallest absolute Gasteiger partial charge is 0.270 e. The van der Waals surface area contributed by atoms with Gasteiger partial charge in [0.1, 0.15) is 17.6 Å². The third kappa shape index (κ3) is 5.33. The number of carbonyl (C=O) groups excluding carboxylic acids is 3. The van der Waals surface area contributed by atoms with Crippen molar-refractivity contribution in [1.29, 1.82) is 0 Å². The number of hydrogen-bond acceptors (Lipinski definition) is 6. The zero-order valence-electron chi connectivity index (χ0n) is 27.9. The fourth-order valence-corrected chi connectivity index (χ4v) is 8.66. The van der Waals surface area contributed by atoms with Gasteiger partial charge in [-0.25, -0.2) is 4.98 Å². The van der Waals surface area contributed by atoms with Crippen molar-refractivity contribution in [3.63, 3.8) is 0 Å². The molecule has 2 aliphatic heterocycles. The van der Waals surface area contributed by atoms with Crippen LogP contribution in [0.15, 0.2) is 54.7 Å². The molecule has 49 heavy (non-hydrogen) atoms. The Labute approximate surface area is 289 Å². The van der Waals surface area contributed by atoms with Crippen LogP contribution in [0.1, 0.15) is 91.8 Å². The van der Waals surface area contributed by atoms with Gasteiger partial charge in [0.15, 0.2) is 0 Å². The second-order valence-electron chi connectivity index (χ2n) is 14.7. The maximum absolute atomic E-state index is 14.2. The zero-order valence-corrected chi connectivity index (χ0v) is 28.6. The number of halogens is 1. The van der Waals surface area contributed by atoms with Crippen LogP contribution >= 0.6 is 11.6 Å². The quantitative estimate of drug-likeness (QED) is 0.187. The summed E-state index contributed by atoms with van der Waals surface area (Å²) in [5.41, 5.74) is 2.45. The summed E-state index contributed by atoms with van der Waals surface area (Å²) in [5, 5.41) is 14.4. The number of imidazole rings is 1. The maximum Gasteiger partial charge on any atom is 0.270 e. The lowest BCUT2D eigenvalue weighted by Crippen LogP contribution is -2.57.